The predicted octanol–water partition coefficient (Wildman–Crippen LogP) is 4.05. The van der Waals surface area contributed by atoms with Crippen molar-refractivity contribution in [3.63, 3.8) is 0 Å². The Morgan fingerprint density at radius 2 is 1.95 bits per heavy atom. The first-order chi connectivity index (χ1) is 10.1. The monoisotopic (exact) mass is 322 g/mol. The van der Waals surface area contributed by atoms with Gasteiger partial charge >= 0.3 is 6.18 Å². The molecule has 22 heavy (non-hydrogen) atoms. The van der Waals surface area contributed by atoms with Crippen LogP contribution in [-0.2, 0) is 12.7 Å². The van der Waals surface area contributed by atoms with Crippen molar-refractivity contribution in [2.24, 2.45) is 0 Å². The third-order valence-electron chi connectivity index (χ3n) is 3.62. The van der Waals surface area contributed by atoms with Crippen LogP contribution in [0.25, 0.3) is 0 Å². The Morgan fingerprint density at radius 3 is 2.45 bits per heavy atom. The van der Waals surface area contributed by atoms with E-state index in [1.54, 1.807) is 0 Å². The first-order valence-corrected chi connectivity index (χ1v) is 7.15. The van der Waals surface area contributed by atoms with Crippen LogP contribution in [-0.4, -0.2) is 25.1 Å². The van der Waals surface area contributed by atoms with Crippen LogP contribution in [0, 0.1) is 0 Å². The summed E-state index contributed by atoms with van der Waals surface area (Å²) in [5, 5.41) is 3.11. The number of anilines is 1. The molecule has 0 aliphatic carbocycles. The van der Waals surface area contributed by atoms with Crippen molar-refractivity contribution < 1.29 is 22.0 Å². The molecule has 7 heteroatoms. The van der Waals surface area contributed by atoms with E-state index in [0.717, 1.165) is 12.1 Å². The molecule has 1 fully saturated rings. The normalized spacial score (nSPS) is 18.3. The largest absolute Gasteiger partial charge is 0.416 e. The molecule has 1 aliphatic heterocycles. The molecule has 0 unspecified atom stereocenters. The van der Waals surface area contributed by atoms with Gasteiger partial charge in [-0.15, -0.1) is 0 Å². The Bertz CT molecular complexity index is 525. The van der Waals surface area contributed by atoms with Crippen LogP contribution in [0.15, 0.2) is 18.2 Å². The van der Waals surface area contributed by atoms with Crippen molar-refractivity contribution in [2.45, 2.75) is 45.0 Å². The molecule has 0 saturated carbocycles. The summed E-state index contributed by atoms with van der Waals surface area (Å²) in [5.41, 5.74) is 0.0190. The molecule has 0 aromatic heterocycles. The van der Waals surface area contributed by atoms with Crippen molar-refractivity contribution in [1.82, 2.24) is 5.32 Å². The highest BCUT2D eigenvalue weighted by Gasteiger charge is 2.39. The van der Waals surface area contributed by atoms with E-state index in [0.29, 0.717) is 12.1 Å². The summed E-state index contributed by atoms with van der Waals surface area (Å²) in [4.78, 5) is 1.34. The van der Waals surface area contributed by atoms with Crippen molar-refractivity contribution >= 4 is 5.69 Å². The smallest absolute Gasteiger partial charge is 0.365 e. The predicted molar refractivity (Wildman–Crippen MR) is 75.2 cm³/mol. The minimum absolute atomic E-state index is 0.0585. The average molecular weight is 322 g/mol. The second-order valence-electron chi connectivity index (χ2n) is 5.90. The fourth-order valence-electron chi connectivity index (χ4n) is 2.44. The van der Waals surface area contributed by atoms with Gasteiger partial charge in [0.05, 0.1) is 12.1 Å². The first-order valence-electron chi connectivity index (χ1n) is 7.15. The van der Waals surface area contributed by atoms with E-state index in [2.05, 4.69) is 5.32 Å². The molecule has 0 atom stereocenters. The van der Waals surface area contributed by atoms with Crippen LogP contribution >= 0.6 is 0 Å². The summed E-state index contributed by atoms with van der Waals surface area (Å²) in [5.74, 6) is -2.85. The minimum atomic E-state index is -4.49. The molecule has 1 saturated heterocycles. The maximum Gasteiger partial charge on any atom is 0.416 e. The lowest BCUT2D eigenvalue weighted by molar-refractivity contribution is -0.137. The van der Waals surface area contributed by atoms with Crippen LogP contribution in [0.4, 0.5) is 27.6 Å². The van der Waals surface area contributed by atoms with E-state index in [-0.39, 0.29) is 24.7 Å². The second kappa shape index (κ2) is 6.02. The fourth-order valence-corrected chi connectivity index (χ4v) is 2.44. The van der Waals surface area contributed by atoms with Crippen molar-refractivity contribution in [1.29, 1.82) is 0 Å². The lowest BCUT2D eigenvalue weighted by atomic mass is 10.1. The van der Waals surface area contributed by atoms with Gasteiger partial charge in [0.1, 0.15) is 0 Å². The molecule has 0 spiro atoms. The Morgan fingerprint density at radius 1 is 1.27 bits per heavy atom. The molecule has 1 N–H and O–H groups in total. The summed E-state index contributed by atoms with van der Waals surface area (Å²) >= 11 is 0. The summed E-state index contributed by atoms with van der Waals surface area (Å²) in [7, 11) is 0. The third kappa shape index (κ3) is 4.09. The van der Waals surface area contributed by atoms with Crippen LogP contribution < -0.4 is 10.2 Å². The zero-order valence-electron chi connectivity index (χ0n) is 12.5. The first kappa shape index (κ1) is 17.0. The van der Waals surface area contributed by atoms with E-state index in [9.17, 15) is 22.0 Å². The Labute approximate surface area is 126 Å². The van der Waals surface area contributed by atoms with E-state index < -0.39 is 24.2 Å². The molecule has 0 amide bonds. The van der Waals surface area contributed by atoms with E-state index in [4.69, 9.17) is 0 Å². The molecule has 2 nitrogen and oxygen atoms in total. The zero-order valence-corrected chi connectivity index (χ0v) is 12.5. The van der Waals surface area contributed by atoms with Gasteiger partial charge in [-0.1, -0.05) is 19.9 Å². The van der Waals surface area contributed by atoms with Crippen molar-refractivity contribution in [3.8, 4) is 0 Å². The molecule has 1 aliphatic rings. The van der Waals surface area contributed by atoms with Gasteiger partial charge in [-0.05, 0) is 17.7 Å². The molecular weight excluding hydrogens is 303 g/mol. The van der Waals surface area contributed by atoms with Crippen LogP contribution in [0.1, 0.15) is 31.4 Å². The number of hydrogen-bond donors (Lipinski definition) is 1. The van der Waals surface area contributed by atoms with Gasteiger partial charge in [-0.25, -0.2) is 8.78 Å². The second-order valence-corrected chi connectivity index (χ2v) is 5.90. The number of benzene rings is 1. The summed E-state index contributed by atoms with van der Waals surface area (Å²) in [6.07, 6.45) is -4.82. The highest BCUT2D eigenvalue weighted by atomic mass is 19.4. The standard InChI is InChI=1S/C15H19F5N2/c1-10(2)21-8-11-3-4-12(15(18,19)20)7-13(11)22-6-5-14(16,17)9-22/h3-4,7,10,21H,5-6,8-9H2,1-2H3. The third-order valence-corrected chi connectivity index (χ3v) is 3.62. The van der Waals surface area contributed by atoms with E-state index >= 15 is 0 Å². The van der Waals surface area contributed by atoms with Gasteiger partial charge in [-0.3, -0.25) is 0 Å². The van der Waals surface area contributed by atoms with Gasteiger partial charge < -0.3 is 10.2 Å². The lowest BCUT2D eigenvalue weighted by Gasteiger charge is -2.24. The maximum absolute atomic E-state index is 13.4. The SMILES string of the molecule is CC(C)NCc1ccc(C(F)(F)F)cc1N1CCC(F)(F)C1. The molecule has 1 heterocycles. The summed E-state index contributed by atoms with van der Waals surface area (Å²) in [6.45, 7) is 3.68. The molecule has 0 radical (unpaired) electrons. The Balaban J connectivity index is 2.33. The molecule has 0 bridgehead atoms. The average Bonchev–Trinajstić information content (AvgIpc) is 2.75. The van der Waals surface area contributed by atoms with Gasteiger partial charge in [0.25, 0.3) is 5.92 Å². The maximum atomic E-state index is 13.4. The molecule has 124 valence electrons. The quantitative estimate of drug-likeness (QED) is 0.842. The highest BCUT2D eigenvalue weighted by Crippen LogP contribution is 2.37. The summed E-state index contributed by atoms with van der Waals surface area (Å²) in [6, 6.07) is 3.48. The van der Waals surface area contributed by atoms with Crippen LogP contribution in [0.5, 0.6) is 0 Å². The molecule has 2 rings (SSSR count). The minimum Gasteiger partial charge on any atom is -0.365 e. The zero-order chi connectivity index (χ0) is 16.5. The topological polar surface area (TPSA) is 15.3 Å². The molecule has 1 aromatic rings. The number of rotatable bonds is 4. The lowest BCUT2D eigenvalue weighted by Crippen LogP contribution is -2.28. The van der Waals surface area contributed by atoms with Gasteiger partial charge in [0.2, 0.25) is 0 Å². The van der Waals surface area contributed by atoms with Crippen LogP contribution in [0.2, 0.25) is 0 Å². The number of hydrogen-bond acceptors (Lipinski definition) is 2. The number of nitrogens with one attached hydrogen (secondary N) is 1. The van der Waals surface area contributed by atoms with E-state index in [1.807, 2.05) is 13.8 Å². The van der Waals surface area contributed by atoms with Gasteiger partial charge in [0.15, 0.2) is 0 Å². The number of alkyl halides is 5. The molecule has 1 aromatic carbocycles. The highest BCUT2D eigenvalue weighted by molar-refractivity contribution is 5.57. The van der Waals surface area contributed by atoms with Gasteiger partial charge in [-0.2, -0.15) is 13.2 Å². The fraction of sp³-hybridized carbons (Fsp3) is 0.600. The van der Waals surface area contributed by atoms with Crippen molar-refractivity contribution in [2.75, 3.05) is 18.0 Å². The van der Waals surface area contributed by atoms with Gasteiger partial charge in [0, 0.05) is 31.2 Å². The Kier molecular flexibility index (Phi) is 4.65. The number of halogens is 5. The van der Waals surface area contributed by atoms with Crippen LogP contribution in [0.3, 0.4) is 0 Å². The number of nitrogens with zero attached hydrogens (tertiary/aromatic N) is 1. The van der Waals surface area contributed by atoms with Crippen molar-refractivity contribution in [3.05, 3.63) is 29.3 Å². The Hall–Kier alpha value is -1.37. The van der Waals surface area contributed by atoms with E-state index in [1.165, 1.54) is 11.0 Å². The summed E-state index contributed by atoms with van der Waals surface area (Å²) < 4.78 is 65.4. The molecular formula is C15H19F5N2.